The minimum absolute atomic E-state index is 0.00727. The first-order chi connectivity index (χ1) is 13.1. The maximum absolute atomic E-state index is 12.0. The zero-order valence-electron chi connectivity index (χ0n) is 16.7. The minimum atomic E-state index is -0.00727. The predicted molar refractivity (Wildman–Crippen MR) is 103 cm³/mol. The highest BCUT2D eigenvalue weighted by molar-refractivity contribution is 5.85. The Labute approximate surface area is 162 Å². The number of likely N-dealkylation sites (N-methyl/N-ethyl adjacent to an activating group) is 1. The Morgan fingerprint density at radius 2 is 1.89 bits per heavy atom. The molecular formula is C19H34N4O4. The Hall–Kier alpha value is -1.38. The summed E-state index contributed by atoms with van der Waals surface area (Å²) in [6.07, 6.45) is 6.00. The van der Waals surface area contributed by atoms with E-state index in [0.717, 1.165) is 64.5 Å². The van der Waals surface area contributed by atoms with Gasteiger partial charge in [-0.2, -0.15) is 0 Å². The van der Waals surface area contributed by atoms with Gasteiger partial charge in [0, 0.05) is 46.9 Å². The first kappa shape index (κ1) is 20.4. The van der Waals surface area contributed by atoms with Gasteiger partial charge >= 0.3 is 0 Å². The lowest BCUT2D eigenvalue weighted by molar-refractivity contribution is -0.127. The normalized spacial score (nSPS) is 29.6. The summed E-state index contributed by atoms with van der Waals surface area (Å²) < 4.78 is 17.6. The summed E-state index contributed by atoms with van der Waals surface area (Å²) in [5.41, 5.74) is 0. The molecule has 0 radical (unpaired) electrons. The second-order valence-electron chi connectivity index (χ2n) is 7.70. The number of morpholine rings is 1. The van der Waals surface area contributed by atoms with Gasteiger partial charge in [-0.05, 0) is 32.1 Å². The number of nitrogens with zero attached hydrogens (tertiary/aromatic N) is 3. The minimum Gasteiger partial charge on any atom is -0.376 e. The van der Waals surface area contributed by atoms with Gasteiger partial charge in [-0.25, -0.2) is 4.99 Å². The Kier molecular flexibility index (Phi) is 7.72. The van der Waals surface area contributed by atoms with Gasteiger partial charge in [0.2, 0.25) is 5.91 Å². The maximum atomic E-state index is 12.0. The summed E-state index contributed by atoms with van der Waals surface area (Å²) in [7, 11) is 3.51. The van der Waals surface area contributed by atoms with Gasteiger partial charge in [0.25, 0.3) is 0 Å². The highest BCUT2D eigenvalue weighted by Gasteiger charge is 2.32. The molecule has 3 rings (SSSR count). The first-order valence-electron chi connectivity index (χ1n) is 10.2. The van der Waals surface area contributed by atoms with Crippen LogP contribution >= 0.6 is 0 Å². The standard InChI is InChI=1S/C19H34N4O4/c1-22(2)18(24)13-21-19(20-12-15-6-3-4-9-25-15)23-8-11-27-17(14-23)16-7-5-10-26-16/h15-17H,3-14H2,1-2H3,(H,20,21). The number of hydrogen-bond acceptors (Lipinski definition) is 5. The van der Waals surface area contributed by atoms with Crippen LogP contribution in [0.25, 0.3) is 0 Å². The van der Waals surface area contributed by atoms with Crippen LogP contribution in [0.1, 0.15) is 32.1 Å². The summed E-state index contributed by atoms with van der Waals surface area (Å²) in [6, 6.07) is 0. The van der Waals surface area contributed by atoms with E-state index < -0.39 is 0 Å². The van der Waals surface area contributed by atoms with Crippen molar-refractivity contribution in [2.45, 2.75) is 50.4 Å². The molecule has 8 nitrogen and oxygen atoms in total. The van der Waals surface area contributed by atoms with Crippen molar-refractivity contribution in [2.24, 2.45) is 4.99 Å². The number of rotatable bonds is 5. The van der Waals surface area contributed by atoms with Gasteiger partial charge in [-0.3, -0.25) is 4.79 Å². The van der Waals surface area contributed by atoms with E-state index in [1.54, 1.807) is 19.0 Å². The molecule has 0 aromatic rings. The van der Waals surface area contributed by atoms with E-state index in [1.165, 1.54) is 6.42 Å². The Morgan fingerprint density at radius 1 is 1.07 bits per heavy atom. The molecule has 3 fully saturated rings. The van der Waals surface area contributed by atoms with Crippen molar-refractivity contribution in [1.29, 1.82) is 0 Å². The number of ether oxygens (including phenoxy) is 3. The molecule has 3 aliphatic rings. The molecule has 1 amide bonds. The van der Waals surface area contributed by atoms with Crippen LogP contribution in [0.2, 0.25) is 0 Å². The second kappa shape index (κ2) is 10.2. The van der Waals surface area contributed by atoms with Crippen molar-refractivity contribution in [3.05, 3.63) is 0 Å². The maximum Gasteiger partial charge on any atom is 0.243 e. The molecule has 27 heavy (non-hydrogen) atoms. The van der Waals surface area contributed by atoms with Crippen LogP contribution in [0, 0.1) is 0 Å². The topological polar surface area (TPSA) is 75.6 Å². The number of aliphatic imine (C=N–C) groups is 1. The Bertz CT molecular complexity index is 502. The van der Waals surface area contributed by atoms with Crippen LogP contribution in [0.4, 0.5) is 0 Å². The highest BCUT2D eigenvalue weighted by atomic mass is 16.5. The van der Waals surface area contributed by atoms with Gasteiger partial charge in [0.15, 0.2) is 5.96 Å². The molecular weight excluding hydrogens is 348 g/mol. The zero-order chi connectivity index (χ0) is 19.1. The quantitative estimate of drug-likeness (QED) is 0.550. The van der Waals surface area contributed by atoms with Gasteiger partial charge in [0.05, 0.1) is 18.8 Å². The highest BCUT2D eigenvalue weighted by Crippen LogP contribution is 2.21. The summed E-state index contributed by atoms with van der Waals surface area (Å²) in [6.45, 7) is 4.65. The molecule has 3 unspecified atom stereocenters. The fraction of sp³-hybridized carbons (Fsp3) is 0.895. The predicted octanol–water partition coefficient (Wildman–Crippen LogP) is 0.469. The fourth-order valence-electron chi connectivity index (χ4n) is 3.71. The zero-order valence-corrected chi connectivity index (χ0v) is 16.7. The molecule has 0 aromatic carbocycles. The molecule has 0 aromatic heterocycles. The van der Waals surface area contributed by atoms with Gasteiger partial charge < -0.3 is 29.3 Å². The van der Waals surface area contributed by atoms with E-state index in [1.807, 2.05) is 0 Å². The van der Waals surface area contributed by atoms with Crippen molar-refractivity contribution in [3.63, 3.8) is 0 Å². The van der Waals surface area contributed by atoms with Gasteiger partial charge in [-0.1, -0.05) is 0 Å². The molecule has 3 aliphatic heterocycles. The van der Waals surface area contributed by atoms with E-state index in [-0.39, 0.29) is 30.8 Å². The molecule has 1 N–H and O–H groups in total. The van der Waals surface area contributed by atoms with Crippen LogP contribution < -0.4 is 5.32 Å². The SMILES string of the molecule is CN(C)C(=O)CN=C(NCC1CCCCO1)N1CCOC(C2CCCO2)C1. The largest absolute Gasteiger partial charge is 0.376 e. The van der Waals surface area contributed by atoms with Crippen molar-refractivity contribution >= 4 is 11.9 Å². The van der Waals surface area contributed by atoms with Crippen LogP contribution in [-0.4, -0.2) is 100 Å². The third kappa shape index (κ3) is 6.05. The monoisotopic (exact) mass is 382 g/mol. The molecule has 0 aliphatic carbocycles. The summed E-state index contributed by atoms with van der Waals surface area (Å²) >= 11 is 0. The van der Waals surface area contributed by atoms with Crippen molar-refractivity contribution in [3.8, 4) is 0 Å². The molecule has 0 spiro atoms. The second-order valence-corrected chi connectivity index (χ2v) is 7.70. The van der Waals surface area contributed by atoms with Crippen LogP contribution in [-0.2, 0) is 19.0 Å². The Balaban J connectivity index is 1.61. The number of nitrogens with one attached hydrogen (secondary N) is 1. The number of carbonyl (C=O) groups is 1. The van der Waals surface area contributed by atoms with E-state index in [0.29, 0.717) is 6.61 Å². The molecule has 0 bridgehead atoms. The molecule has 0 saturated carbocycles. The lowest BCUT2D eigenvalue weighted by Crippen LogP contribution is -2.54. The van der Waals surface area contributed by atoms with Gasteiger partial charge in [0.1, 0.15) is 12.6 Å². The lowest BCUT2D eigenvalue weighted by Gasteiger charge is -2.37. The van der Waals surface area contributed by atoms with Crippen molar-refractivity contribution in [1.82, 2.24) is 15.1 Å². The number of amides is 1. The number of hydrogen-bond donors (Lipinski definition) is 1. The average Bonchev–Trinajstić information content (AvgIpc) is 3.23. The smallest absolute Gasteiger partial charge is 0.243 e. The third-order valence-corrected chi connectivity index (χ3v) is 5.40. The summed E-state index contributed by atoms with van der Waals surface area (Å²) in [5.74, 6) is 0.762. The first-order valence-corrected chi connectivity index (χ1v) is 10.2. The molecule has 3 atom stereocenters. The lowest BCUT2D eigenvalue weighted by atomic mass is 10.1. The average molecular weight is 383 g/mol. The number of carbonyl (C=O) groups excluding carboxylic acids is 1. The Morgan fingerprint density at radius 3 is 2.59 bits per heavy atom. The van der Waals surface area contributed by atoms with E-state index >= 15 is 0 Å². The fourth-order valence-corrected chi connectivity index (χ4v) is 3.71. The van der Waals surface area contributed by atoms with E-state index in [9.17, 15) is 4.79 Å². The molecule has 3 heterocycles. The molecule has 3 saturated heterocycles. The van der Waals surface area contributed by atoms with Crippen molar-refractivity contribution < 1.29 is 19.0 Å². The summed E-state index contributed by atoms with van der Waals surface area (Å²) in [5, 5.41) is 3.45. The van der Waals surface area contributed by atoms with Gasteiger partial charge in [-0.15, -0.1) is 0 Å². The van der Waals surface area contributed by atoms with Crippen LogP contribution in [0.15, 0.2) is 4.99 Å². The number of guanidine groups is 1. The van der Waals surface area contributed by atoms with E-state index in [4.69, 9.17) is 14.2 Å². The molecule has 8 heteroatoms. The molecule has 154 valence electrons. The van der Waals surface area contributed by atoms with E-state index in [2.05, 4.69) is 15.2 Å². The summed E-state index contributed by atoms with van der Waals surface area (Å²) in [4.78, 5) is 20.4. The third-order valence-electron chi connectivity index (χ3n) is 5.40. The van der Waals surface area contributed by atoms with Crippen LogP contribution in [0.3, 0.4) is 0 Å². The van der Waals surface area contributed by atoms with Crippen molar-refractivity contribution in [2.75, 3.05) is 60.1 Å². The van der Waals surface area contributed by atoms with Crippen LogP contribution in [0.5, 0.6) is 0 Å².